The van der Waals surface area contributed by atoms with E-state index in [1.54, 1.807) is 7.05 Å². The predicted molar refractivity (Wildman–Crippen MR) is 98.0 cm³/mol. The van der Waals surface area contributed by atoms with Gasteiger partial charge in [0.25, 0.3) is 0 Å². The van der Waals surface area contributed by atoms with Crippen LogP contribution in [0.15, 0.2) is 35.1 Å². The second-order valence-corrected chi connectivity index (χ2v) is 7.27. The molecule has 2 aromatic rings. The first kappa shape index (κ1) is 16.9. The summed E-state index contributed by atoms with van der Waals surface area (Å²) in [7, 11) is 1.72. The van der Waals surface area contributed by atoms with Crippen molar-refractivity contribution >= 4 is 6.03 Å². The second-order valence-electron chi connectivity index (χ2n) is 7.27. The summed E-state index contributed by atoms with van der Waals surface area (Å²) in [6.45, 7) is 1.93. The Labute approximate surface area is 152 Å². The molecule has 1 aliphatic carbocycles. The highest BCUT2D eigenvalue weighted by atomic mass is 16.2. The number of aryl methyl sites for hydroxylation is 1. The summed E-state index contributed by atoms with van der Waals surface area (Å²) in [5, 5.41) is 7.48. The van der Waals surface area contributed by atoms with Gasteiger partial charge in [-0.3, -0.25) is 4.57 Å². The fourth-order valence-electron chi connectivity index (χ4n) is 3.68. The van der Waals surface area contributed by atoms with Crippen molar-refractivity contribution in [3.8, 4) is 0 Å². The SMILES string of the molecule is Cn1nc(C2CCN(C(=O)NCc3ccccc3)CC2)n(C2CC2)c1=O. The van der Waals surface area contributed by atoms with E-state index in [4.69, 9.17) is 0 Å². The first-order valence-electron chi connectivity index (χ1n) is 9.35. The number of amides is 2. The number of nitrogens with zero attached hydrogens (tertiary/aromatic N) is 4. The molecule has 0 bridgehead atoms. The minimum Gasteiger partial charge on any atom is -0.334 e. The normalized spacial score (nSPS) is 18.1. The number of piperidine rings is 1. The van der Waals surface area contributed by atoms with E-state index < -0.39 is 0 Å². The molecule has 1 aliphatic heterocycles. The van der Waals surface area contributed by atoms with E-state index in [1.165, 1.54) is 4.68 Å². The summed E-state index contributed by atoms with van der Waals surface area (Å²) >= 11 is 0. The van der Waals surface area contributed by atoms with Crippen molar-refractivity contribution in [1.29, 1.82) is 0 Å². The molecule has 1 saturated heterocycles. The number of likely N-dealkylation sites (tertiary alicyclic amines) is 1. The lowest BCUT2D eigenvalue weighted by Crippen LogP contribution is -2.44. The Morgan fingerprint density at radius 2 is 1.85 bits per heavy atom. The molecule has 0 atom stereocenters. The van der Waals surface area contributed by atoms with Crippen LogP contribution in [0.2, 0.25) is 0 Å². The molecule has 2 heterocycles. The number of hydrogen-bond acceptors (Lipinski definition) is 3. The van der Waals surface area contributed by atoms with E-state index in [0.717, 1.165) is 37.1 Å². The van der Waals surface area contributed by atoms with Gasteiger partial charge >= 0.3 is 11.7 Å². The van der Waals surface area contributed by atoms with Crippen LogP contribution in [0.3, 0.4) is 0 Å². The molecule has 4 rings (SSSR count). The second kappa shape index (κ2) is 6.97. The van der Waals surface area contributed by atoms with Crippen molar-refractivity contribution in [3.63, 3.8) is 0 Å². The van der Waals surface area contributed by atoms with Gasteiger partial charge in [-0.2, -0.15) is 5.10 Å². The molecule has 7 heteroatoms. The van der Waals surface area contributed by atoms with Gasteiger partial charge in [0.05, 0.1) is 0 Å². The van der Waals surface area contributed by atoms with Crippen molar-refractivity contribution in [2.45, 2.75) is 44.2 Å². The lowest BCUT2D eigenvalue weighted by Gasteiger charge is -2.31. The number of carbonyl (C=O) groups excluding carboxylic acids is 1. The van der Waals surface area contributed by atoms with Crippen LogP contribution < -0.4 is 11.0 Å². The summed E-state index contributed by atoms with van der Waals surface area (Å²) in [5.74, 6) is 1.16. The highest BCUT2D eigenvalue weighted by Crippen LogP contribution is 2.37. The maximum atomic E-state index is 12.4. The maximum Gasteiger partial charge on any atom is 0.345 e. The Hall–Kier alpha value is -2.57. The quantitative estimate of drug-likeness (QED) is 0.912. The number of rotatable bonds is 4. The molecule has 1 aromatic heterocycles. The first-order valence-corrected chi connectivity index (χ1v) is 9.35. The van der Waals surface area contributed by atoms with Gasteiger partial charge in [0.1, 0.15) is 5.82 Å². The van der Waals surface area contributed by atoms with Crippen molar-refractivity contribution in [2.24, 2.45) is 7.05 Å². The van der Waals surface area contributed by atoms with E-state index >= 15 is 0 Å². The van der Waals surface area contributed by atoms with Crippen LogP contribution in [0.5, 0.6) is 0 Å². The van der Waals surface area contributed by atoms with Crippen LogP contribution in [0.25, 0.3) is 0 Å². The van der Waals surface area contributed by atoms with Gasteiger partial charge in [-0.1, -0.05) is 30.3 Å². The number of nitrogens with one attached hydrogen (secondary N) is 1. The van der Waals surface area contributed by atoms with E-state index in [2.05, 4.69) is 10.4 Å². The molecule has 2 fully saturated rings. The highest BCUT2D eigenvalue weighted by Gasteiger charge is 2.34. The summed E-state index contributed by atoms with van der Waals surface area (Å²) < 4.78 is 3.34. The van der Waals surface area contributed by atoms with Crippen LogP contribution in [0.1, 0.15) is 49.0 Å². The van der Waals surface area contributed by atoms with Crippen molar-refractivity contribution in [2.75, 3.05) is 13.1 Å². The Morgan fingerprint density at radius 3 is 2.50 bits per heavy atom. The summed E-state index contributed by atoms with van der Waals surface area (Å²) in [6, 6.07) is 10.2. The smallest absolute Gasteiger partial charge is 0.334 e. The topological polar surface area (TPSA) is 72.2 Å². The maximum absolute atomic E-state index is 12.4. The lowest BCUT2D eigenvalue weighted by atomic mass is 9.96. The Morgan fingerprint density at radius 1 is 1.15 bits per heavy atom. The van der Waals surface area contributed by atoms with Gasteiger partial charge in [-0.25, -0.2) is 14.3 Å². The molecular weight excluding hydrogens is 330 g/mol. The third kappa shape index (κ3) is 3.38. The molecule has 7 nitrogen and oxygen atoms in total. The van der Waals surface area contributed by atoms with Crippen LogP contribution in [0, 0.1) is 0 Å². The summed E-state index contributed by atoms with van der Waals surface area (Å²) in [4.78, 5) is 26.6. The first-order chi connectivity index (χ1) is 12.6. The third-order valence-electron chi connectivity index (χ3n) is 5.33. The standard InChI is InChI=1S/C19H25N5O2/c1-22-19(26)24(16-7-8-16)17(21-22)15-9-11-23(12-10-15)18(25)20-13-14-5-3-2-4-6-14/h2-6,15-16H,7-13H2,1H3,(H,20,25). The molecule has 1 aromatic carbocycles. The molecule has 0 spiro atoms. The molecule has 2 aliphatic rings. The monoisotopic (exact) mass is 355 g/mol. The Balaban J connectivity index is 1.35. The van der Waals surface area contributed by atoms with Gasteiger partial charge in [0, 0.05) is 38.6 Å². The van der Waals surface area contributed by atoms with Crippen LogP contribution in [-0.4, -0.2) is 38.4 Å². The van der Waals surface area contributed by atoms with Crippen molar-refractivity contribution in [1.82, 2.24) is 24.6 Å². The fraction of sp³-hybridized carbons (Fsp3) is 0.526. The highest BCUT2D eigenvalue weighted by molar-refractivity contribution is 5.74. The molecule has 1 N–H and O–H groups in total. The minimum atomic E-state index is -0.0205. The number of carbonyl (C=O) groups is 1. The van der Waals surface area contributed by atoms with E-state index in [1.807, 2.05) is 39.8 Å². The average Bonchev–Trinajstić information content (AvgIpc) is 3.47. The van der Waals surface area contributed by atoms with Crippen molar-refractivity contribution in [3.05, 3.63) is 52.2 Å². The zero-order valence-corrected chi connectivity index (χ0v) is 15.1. The molecule has 0 unspecified atom stereocenters. The minimum absolute atomic E-state index is 0.00877. The third-order valence-corrected chi connectivity index (χ3v) is 5.33. The molecule has 26 heavy (non-hydrogen) atoms. The van der Waals surface area contributed by atoms with E-state index in [9.17, 15) is 9.59 Å². The van der Waals surface area contributed by atoms with Gasteiger partial charge in [0.2, 0.25) is 0 Å². The van der Waals surface area contributed by atoms with E-state index in [-0.39, 0.29) is 17.6 Å². The number of aromatic nitrogens is 3. The zero-order valence-electron chi connectivity index (χ0n) is 15.1. The van der Waals surface area contributed by atoms with Crippen LogP contribution in [-0.2, 0) is 13.6 Å². The summed E-state index contributed by atoms with van der Waals surface area (Å²) in [5.41, 5.74) is 1.09. The van der Waals surface area contributed by atoms with Gasteiger partial charge in [-0.05, 0) is 31.2 Å². The predicted octanol–water partition coefficient (Wildman–Crippen LogP) is 2.01. The Kier molecular flexibility index (Phi) is 4.53. The molecule has 138 valence electrons. The summed E-state index contributed by atoms with van der Waals surface area (Å²) in [6.07, 6.45) is 3.84. The Bertz CT molecular complexity index is 829. The van der Waals surface area contributed by atoms with Gasteiger partial charge in [0.15, 0.2) is 0 Å². The zero-order chi connectivity index (χ0) is 18.1. The van der Waals surface area contributed by atoms with Gasteiger partial charge < -0.3 is 10.2 Å². The number of urea groups is 1. The van der Waals surface area contributed by atoms with Crippen molar-refractivity contribution < 1.29 is 4.79 Å². The molecular formula is C19H25N5O2. The fourth-order valence-corrected chi connectivity index (χ4v) is 3.68. The molecule has 2 amide bonds. The van der Waals surface area contributed by atoms with E-state index in [0.29, 0.717) is 25.7 Å². The average molecular weight is 355 g/mol. The molecule has 1 saturated carbocycles. The lowest BCUT2D eigenvalue weighted by molar-refractivity contribution is 0.179. The number of hydrogen-bond donors (Lipinski definition) is 1. The van der Waals surface area contributed by atoms with Crippen LogP contribution in [0.4, 0.5) is 4.79 Å². The number of benzene rings is 1. The molecule has 0 radical (unpaired) electrons. The largest absolute Gasteiger partial charge is 0.345 e. The van der Waals surface area contributed by atoms with Crippen LogP contribution >= 0.6 is 0 Å². The van der Waals surface area contributed by atoms with Gasteiger partial charge in [-0.15, -0.1) is 0 Å².